The molecule has 5 nitrogen and oxygen atoms in total. The monoisotopic (exact) mass is 341 g/mol. The summed E-state index contributed by atoms with van der Waals surface area (Å²) in [5.74, 6) is -0.574. The summed E-state index contributed by atoms with van der Waals surface area (Å²) in [6.45, 7) is 0.304. The van der Waals surface area contributed by atoms with Gasteiger partial charge in [0.25, 0.3) is 0 Å². The molecule has 4 N–H and O–H groups in total. The van der Waals surface area contributed by atoms with Crippen molar-refractivity contribution in [3.05, 3.63) is 20.8 Å². The third-order valence-electron chi connectivity index (χ3n) is 1.77. The summed E-state index contributed by atoms with van der Waals surface area (Å²) in [5.41, 5.74) is 5.08. The Morgan fingerprint density at radius 2 is 2.06 bits per heavy atom. The first kappa shape index (κ1) is 16.4. The maximum absolute atomic E-state index is 11.3. The highest BCUT2D eigenvalue weighted by molar-refractivity contribution is 9.10. The largest absolute Gasteiger partial charge is 0.350 e. The van der Waals surface area contributed by atoms with Crippen LogP contribution >= 0.6 is 39.7 Å². The molecule has 0 bridgehead atoms. The molecular weight excluding hydrogens is 330 g/mol. The lowest BCUT2D eigenvalue weighted by Crippen LogP contribution is -2.39. The molecule has 0 fully saturated rings. The maximum atomic E-state index is 11.3. The highest BCUT2D eigenvalue weighted by Gasteiger charge is 2.05. The molecule has 1 rings (SSSR count). The Labute approximate surface area is 118 Å². The Morgan fingerprint density at radius 1 is 1.35 bits per heavy atom. The van der Waals surface area contributed by atoms with Crippen molar-refractivity contribution in [2.45, 2.75) is 6.54 Å². The molecule has 0 radical (unpaired) electrons. The predicted octanol–water partition coefficient (Wildman–Crippen LogP) is 0.623. The van der Waals surface area contributed by atoms with Gasteiger partial charge < -0.3 is 16.4 Å². The summed E-state index contributed by atoms with van der Waals surface area (Å²) in [5, 5.41) is 7.02. The van der Waals surface area contributed by atoms with Crippen LogP contribution in [-0.4, -0.2) is 24.9 Å². The number of rotatable bonds is 5. The molecule has 0 aliphatic carbocycles. The molecule has 0 aromatic carbocycles. The molecule has 0 unspecified atom stereocenters. The number of thiophene rings is 1. The minimum absolute atomic E-state index is 0. The van der Waals surface area contributed by atoms with Gasteiger partial charge in [-0.1, -0.05) is 0 Å². The van der Waals surface area contributed by atoms with E-state index in [0.29, 0.717) is 6.54 Å². The Balaban J connectivity index is 0.00000256. The molecule has 8 heteroatoms. The van der Waals surface area contributed by atoms with E-state index in [1.807, 2.05) is 11.4 Å². The van der Waals surface area contributed by atoms with Gasteiger partial charge in [0.15, 0.2) is 0 Å². The lowest BCUT2D eigenvalue weighted by atomic mass is 10.4. The molecule has 17 heavy (non-hydrogen) atoms. The number of amides is 2. The first-order valence-electron chi connectivity index (χ1n) is 4.59. The van der Waals surface area contributed by atoms with Crippen LogP contribution in [-0.2, 0) is 16.1 Å². The summed E-state index contributed by atoms with van der Waals surface area (Å²) in [7, 11) is 0. The van der Waals surface area contributed by atoms with E-state index in [1.54, 1.807) is 11.3 Å². The summed E-state index contributed by atoms with van der Waals surface area (Å²) in [6, 6.07) is 1.92. The maximum Gasteiger partial charge on any atom is 0.239 e. The molecule has 1 aromatic rings. The lowest BCUT2D eigenvalue weighted by Gasteiger charge is -2.05. The minimum atomic E-state index is -0.340. The van der Waals surface area contributed by atoms with Crippen molar-refractivity contribution >= 4 is 51.5 Å². The summed E-state index contributed by atoms with van der Waals surface area (Å²) >= 11 is 4.91. The molecule has 96 valence electrons. The zero-order valence-corrected chi connectivity index (χ0v) is 12.1. The van der Waals surface area contributed by atoms with E-state index in [2.05, 4.69) is 26.6 Å². The van der Waals surface area contributed by atoms with E-state index >= 15 is 0 Å². The molecule has 1 aromatic heterocycles. The SMILES string of the molecule is Cl.NCC(=O)NCC(=O)NCc1sccc1Br. The third kappa shape index (κ3) is 6.02. The molecule has 0 spiro atoms. The van der Waals surface area contributed by atoms with Crippen molar-refractivity contribution in [1.29, 1.82) is 0 Å². The fourth-order valence-electron chi connectivity index (χ4n) is 0.944. The van der Waals surface area contributed by atoms with Gasteiger partial charge in [0.1, 0.15) is 0 Å². The number of carbonyl (C=O) groups is 2. The fraction of sp³-hybridized carbons (Fsp3) is 0.333. The smallest absolute Gasteiger partial charge is 0.239 e. The lowest BCUT2D eigenvalue weighted by molar-refractivity contribution is -0.125. The summed E-state index contributed by atoms with van der Waals surface area (Å²) in [6.07, 6.45) is 0. The Hall–Kier alpha value is -0.630. The highest BCUT2D eigenvalue weighted by Crippen LogP contribution is 2.21. The van der Waals surface area contributed by atoms with Crippen LogP contribution in [0.3, 0.4) is 0 Å². The number of hydrogen-bond donors (Lipinski definition) is 3. The van der Waals surface area contributed by atoms with Gasteiger partial charge >= 0.3 is 0 Å². The van der Waals surface area contributed by atoms with E-state index in [4.69, 9.17) is 5.73 Å². The second kappa shape index (κ2) is 8.46. The van der Waals surface area contributed by atoms with Crippen molar-refractivity contribution in [3.8, 4) is 0 Å². The number of halogens is 2. The molecular formula is C9H13BrClN3O2S. The van der Waals surface area contributed by atoms with Crippen molar-refractivity contribution < 1.29 is 9.59 Å². The van der Waals surface area contributed by atoms with Crippen LogP contribution in [0.2, 0.25) is 0 Å². The van der Waals surface area contributed by atoms with Crippen LogP contribution in [0, 0.1) is 0 Å². The Kier molecular flexibility index (Phi) is 8.15. The fourth-order valence-corrected chi connectivity index (χ4v) is 2.38. The van der Waals surface area contributed by atoms with Gasteiger partial charge in [-0.15, -0.1) is 23.7 Å². The second-order valence-corrected chi connectivity index (χ2v) is 4.80. The third-order valence-corrected chi connectivity index (χ3v) is 3.70. The normalized spacial score (nSPS) is 9.29. The molecule has 0 aliphatic heterocycles. The van der Waals surface area contributed by atoms with Crippen LogP contribution in [0.15, 0.2) is 15.9 Å². The average Bonchev–Trinajstić information content (AvgIpc) is 2.69. The standard InChI is InChI=1S/C9H12BrN3O2S.ClH/c10-6-1-2-16-7(6)4-12-9(15)5-13-8(14)3-11;/h1-2H,3-5,11H2,(H,12,15)(H,13,14);1H. The van der Waals surface area contributed by atoms with Crippen molar-refractivity contribution in [2.75, 3.05) is 13.1 Å². The number of carbonyl (C=O) groups excluding carboxylic acids is 2. The van der Waals surface area contributed by atoms with Gasteiger partial charge in [-0.2, -0.15) is 0 Å². The van der Waals surface area contributed by atoms with Gasteiger partial charge in [-0.3, -0.25) is 9.59 Å². The number of hydrogen-bond acceptors (Lipinski definition) is 4. The van der Waals surface area contributed by atoms with Crippen LogP contribution in [0.25, 0.3) is 0 Å². The molecule has 0 saturated heterocycles. The molecule has 0 atom stereocenters. The molecule has 0 saturated carbocycles. The Morgan fingerprint density at radius 3 is 2.59 bits per heavy atom. The van der Waals surface area contributed by atoms with Gasteiger partial charge in [-0.25, -0.2) is 0 Å². The summed E-state index contributed by atoms with van der Waals surface area (Å²) in [4.78, 5) is 23.1. The topological polar surface area (TPSA) is 84.2 Å². The molecule has 0 aliphatic rings. The van der Waals surface area contributed by atoms with Crippen LogP contribution in [0.4, 0.5) is 0 Å². The second-order valence-electron chi connectivity index (χ2n) is 2.95. The average molecular weight is 343 g/mol. The van der Waals surface area contributed by atoms with E-state index in [9.17, 15) is 9.59 Å². The highest BCUT2D eigenvalue weighted by atomic mass is 79.9. The zero-order chi connectivity index (χ0) is 12.0. The van der Waals surface area contributed by atoms with Crippen molar-refractivity contribution in [1.82, 2.24) is 10.6 Å². The quantitative estimate of drug-likeness (QED) is 0.733. The van der Waals surface area contributed by atoms with E-state index < -0.39 is 0 Å². The molecule has 2 amide bonds. The van der Waals surface area contributed by atoms with E-state index in [1.165, 1.54) is 0 Å². The predicted molar refractivity (Wildman–Crippen MR) is 73.2 cm³/mol. The summed E-state index contributed by atoms with van der Waals surface area (Å²) < 4.78 is 0.976. The number of nitrogens with one attached hydrogen (secondary N) is 2. The van der Waals surface area contributed by atoms with Gasteiger partial charge in [0, 0.05) is 9.35 Å². The van der Waals surface area contributed by atoms with Crippen LogP contribution in [0.1, 0.15) is 4.88 Å². The first-order chi connectivity index (χ1) is 7.63. The first-order valence-corrected chi connectivity index (χ1v) is 6.26. The Bertz CT molecular complexity index is 386. The van der Waals surface area contributed by atoms with Crippen LogP contribution in [0.5, 0.6) is 0 Å². The molecule has 1 heterocycles. The minimum Gasteiger partial charge on any atom is -0.350 e. The zero-order valence-electron chi connectivity index (χ0n) is 8.86. The van der Waals surface area contributed by atoms with Gasteiger partial charge in [0.05, 0.1) is 19.6 Å². The number of nitrogens with two attached hydrogens (primary N) is 1. The van der Waals surface area contributed by atoms with Crippen LogP contribution < -0.4 is 16.4 Å². The van der Waals surface area contributed by atoms with Crippen molar-refractivity contribution in [3.63, 3.8) is 0 Å². The van der Waals surface area contributed by atoms with Gasteiger partial charge in [-0.05, 0) is 27.4 Å². The van der Waals surface area contributed by atoms with Gasteiger partial charge in [0.2, 0.25) is 11.8 Å². The van der Waals surface area contributed by atoms with E-state index in [0.717, 1.165) is 9.35 Å². The van der Waals surface area contributed by atoms with E-state index in [-0.39, 0.29) is 37.3 Å². The van der Waals surface area contributed by atoms with Crippen molar-refractivity contribution in [2.24, 2.45) is 5.73 Å².